The van der Waals surface area contributed by atoms with E-state index in [0.29, 0.717) is 11.7 Å². The summed E-state index contributed by atoms with van der Waals surface area (Å²) in [5, 5.41) is 1.92. The van der Waals surface area contributed by atoms with Gasteiger partial charge in [0.1, 0.15) is 11.4 Å². The summed E-state index contributed by atoms with van der Waals surface area (Å²) >= 11 is 1.20. The number of aromatic nitrogens is 1. The van der Waals surface area contributed by atoms with E-state index < -0.39 is 6.61 Å². The number of rotatable bonds is 5. The largest absolute Gasteiger partial charge is 0.435 e. The molecule has 1 aromatic carbocycles. The van der Waals surface area contributed by atoms with E-state index in [2.05, 4.69) is 9.72 Å². The lowest BCUT2D eigenvalue weighted by atomic mass is 10.2. The first-order chi connectivity index (χ1) is 9.95. The highest BCUT2D eigenvalue weighted by molar-refractivity contribution is 7.13. The molecule has 21 heavy (non-hydrogen) atoms. The first-order valence-electron chi connectivity index (χ1n) is 5.96. The smallest absolute Gasteiger partial charge is 0.387 e. The maximum atomic E-state index is 12.1. The number of nitrogens with two attached hydrogens (primary N) is 1. The lowest BCUT2D eigenvalue weighted by molar-refractivity contribution is -0.0498. The van der Waals surface area contributed by atoms with Crippen LogP contribution in [0.2, 0.25) is 0 Å². The quantitative estimate of drug-likeness (QED) is 0.921. The van der Waals surface area contributed by atoms with Gasteiger partial charge < -0.3 is 15.4 Å². The van der Waals surface area contributed by atoms with Crippen LogP contribution in [0.15, 0.2) is 29.6 Å². The van der Waals surface area contributed by atoms with Crippen molar-refractivity contribution in [1.82, 2.24) is 9.88 Å². The highest BCUT2D eigenvalue weighted by Crippen LogP contribution is 2.17. The number of halogens is 2. The third-order valence-electron chi connectivity index (χ3n) is 2.66. The highest BCUT2D eigenvalue weighted by Gasteiger charge is 2.15. The predicted molar refractivity (Wildman–Crippen MR) is 75.4 cm³/mol. The Morgan fingerprint density at radius 1 is 1.43 bits per heavy atom. The second-order valence-electron chi connectivity index (χ2n) is 4.25. The van der Waals surface area contributed by atoms with Crippen molar-refractivity contribution in [3.63, 3.8) is 0 Å². The molecule has 2 N–H and O–H groups in total. The third-order valence-corrected chi connectivity index (χ3v) is 3.33. The maximum absolute atomic E-state index is 12.1. The van der Waals surface area contributed by atoms with Gasteiger partial charge in [-0.05, 0) is 17.7 Å². The zero-order valence-electron chi connectivity index (χ0n) is 11.1. The Morgan fingerprint density at radius 2 is 2.10 bits per heavy atom. The van der Waals surface area contributed by atoms with Gasteiger partial charge in [-0.25, -0.2) is 4.98 Å². The lowest BCUT2D eigenvalue weighted by Crippen LogP contribution is -2.26. The molecule has 1 aromatic heterocycles. The number of amides is 1. The van der Waals surface area contributed by atoms with Crippen molar-refractivity contribution in [2.75, 3.05) is 12.8 Å². The van der Waals surface area contributed by atoms with Crippen molar-refractivity contribution in [2.24, 2.45) is 0 Å². The number of thiazole rings is 1. The zero-order chi connectivity index (χ0) is 15.4. The van der Waals surface area contributed by atoms with Crippen LogP contribution >= 0.6 is 11.3 Å². The molecule has 2 rings (SSSR count). The van der Waals surface area contributed by atoms with E-state index in [9.17, 15) is 13.6 Å². The molecular weight excluding hydrogens is 300 g/mol. The second-order valence-corrected chi connectivity index (χ2v) is 5.14. The van der Waals surface area contributed by atoms with Gasteiger partial charge in [0, 0.05) is 19.0 Å². The summed E-state index contributed by atoms with van der Waals surface area (Å²) in [5.41, 5.74) is 6.56. The van der Waals surface area contributed by atoms with E-state index in [0.717, 1.165) is 5.56 Å². The molecule has 0 saturated carbocycles. The minimum Gasteiger partial charge on any atom is -0.435 e. The van der Waals surface area contributed by atoms with Gasteiger partial charge in [-0.2, -0.15) is 8.78 Å². The Kier molecular flexibility index (Phi) is 4.69. The molecule has 0 aliphatic rings. The minimum absolute atomic E-state index is 0.0787. The average Bonchev–Trinajstić information content (AvgIpc) is 2.86. The van der Waals surface area contributed by atoms with Gasteiger partial charge >= 0.3 is 6.61 Å². The van der Waals surface area contributed by atoms with E-state index in [1.54, 1.807) is 24.6 Å². The van der Waals surface area contributed by atoms with Crippen molar-refractivity contribution in [3.05, 3.63) is 40.9 Å². The summed E-state index contributed by atoms with van der Waals surface area (Å²) in [6.07, 6.45) is 0. The van der Waals surface area contributed by atoms with E-state index in [1.165, 1.54) is 28.4 Å². The Balaban J connectivity index is 1.99. The van der Waals surface area contributed by atoms with E-state index in [-0.39, 0.29) is 17.4 Å². The lowest BCUT2D eigenvalue weighted by Gasteiger charge is -2.16. The Bertz CT molecular complexity index is 616. The molecule has 0 fully saturated rings. The van der Waals surface area contributed by atoms with Crippen LogP contribution in [-0.4, -0.2) is 29.5 Å². The average molecular weight is 313 g/mol. The number of nitrogen functional groups attached to an aromatic ring is 1. The number of hydrogen-bond acceptors (Lipinski definition) is 5. The first-order valence-corrected chi connectivity index (χ1v) is 6.84. The van der Waals surface area contributed by atoms with Crippen LogP contribution in [0.1, 0.15) is 16.1 Å². The molecule has 112 valence electrons. The molecule has 0 unspecified atom stereocenters. The summed E-state index contributed by atoms with van der Waals surface area (Å²) in [6.45, 7) is -2.53. The predicted octanol–water partition coefficient (Wildman–Crippen LogP) is 2.60. The van der Waals surface area contributed by atoms with Gasteiger partial charge in [-0.1, -0.05) is 12.1 Å². The molecule has 8 heteroatoms. The van der Waals surface area contributed by atoms with E-state index in [4.69, 9.17) is 5.73 Å². The number of ether oxygens (including phenoxy) is 1. The Morgan fingerprint density at radius 3 is 2.62 bits per heavy atom. The summed E-state index contributed by atoms with van der Waals surface area (Å²) in [7, 11) is 1.63. The monoisotopic (exact) mass is 313 g/mol. The molecule has 1 amide bonds. The molecule has 0 saturated heterocycles. The number of carbonyl (C=O) groups is 1. The fourth-order valence-electron chi connectivity index (χ4n) is 1.70. The Labute approximate surface area is 124 Å². The SMILES string of the molecule is CN(Cc1ccc(OC(F)F)cc1)C(=O)c1csc(N)n1. The molecule has 5 nitrogen and oxygen atoms in total. The standard InChI is InChI=1S/C13H13F2N3O2S/c1-18(11(19)10-7-21-13(16)17-10)6-8-2-4-9(5-3-8)20-12(14)15/h2-5,7,12H,6H2,1H3,(H2,16,17). The van der Waals surface area contributed by atoms with Crippen LogP contribution in [0.5, 0.6) is 5.75 Å². The fraction of sp³-hybridized carbons (Fsp3) is 0.231. The van der Waals surface area contributed by atoms with E-state index in [1.807, 2.05) is 0 Å². The summed E-state index contributed by atoms with van der Waals surface area (Å²) in [4.78, 5) is 17.5. The number of hydrogen-bond donors (Lipinski definition) is 1. The Hall–Kier alpha value is -2.22. The van der Waals surface area contributed by atoms with Gasteiger partial charge in [-0.15, -0.1) is 11.3 Å². The molecular formula is C13H13F2N3O2S. The molecule has 0 radical (unpaired) electrons. The normalized spacial score (nSPS) is 10.7. The van der Waals surface area contributed by atoms with Crippen molar-refractivity contribution in [2.45, 2.75) is 13.2 Å². The van der Waals surface area contributed by atoms with Crippen LogP contribution < -0.4 is 10.5 Å². The number of benzene rings is 1. The number of alkyl halides is 2. The molecule has 0 spiro atoms. The fourth-order valence-corrected chi connectivity index (χ4v) is 2.24. The van der Waals surface area contributed by atoms with Crippen molar-refractivity contribution in [3.8, 4) is 5.75 Å². The van der Waals surface area contributed by atoms with Crippen LogP contribution in [0, 0.1) is 0 Å². The van der Waals surface area contributed by atoms with Crippen LogP contribution in [-0.2, 0) is 6.54 Å². The maximum Gasteiger partial charge on any atom is 0.387 e. The van der Waals surface area contributed by atoms with Crippen LogP contribution in [0.25, 0.3) is 0 Å². The van der Waals surface area contributed by atoms with Crippen LogP contribution in [0.4, 0.5) is 13.9 Å². The minimum atomic E-state index is -2.85. The molecule has 2 aromatic rings. The molecule has 0 atom stereocenters. The first kappa shape index (κ1) is 15.2. The van der Waals surface area contributed by atoms with Gasteiger partial charge in [-0.3, -0.25) is 4.79 Å². The summed E-state index contributed by atoms with van der Waals surface area (Å²) < 4.78 is 28.3. The number of carbonyl (C=O) groups excluding carboxylic acids is 1. The van der Waals surface area contributed by atoms with Gasteiger partial charge in [0.15, 0.2) is 5.13 Å². The number of anilines is 1. The second kappa shape index (κ2) is 6.49. The third kappa shape index (κ3) is 4.12. The topological polar surface area (TPSA) is 68.5 Å². The van der Waals surface area contributed by atoms with Crippen molar-refractivity contribution in [1.29, 1.82) is 0 Å². The molecule has 1 heterocycles. The van der Waals surface area contributed by atoms with Gasteiger partial charge in [0.25, 0.3) is 5.91 Å². The molecule has 0 aliphatic heterocycles. The van der Waals surface area contributed by atoms with Crippen molar-refractivity contribution < 1.29 is 18.3 Å². The van der Waals surface area contributed by atoms with Gasteiger partial charge in [0.2, 0.25) is 0 Å². The van der Waals surface area contributed by atoms with Gasteiger partial charge in [0.05, 0.1) is 0 Å². The highest BCUT2D eigenvalue weighted by atomic mass is 32.1. The van der Waals surface area contributed by atoms with E-state index >= 15 is 0 Å². The zero-order valence-corrected chi connectivity index (χ0v) is 11.9. The number of nitrogens with zero attached hydrogens (tertiary/aromatic N) is 2. The molecule has 0 aliphatic carbocycles. The molecule has 0 bridgehead atoms. The summed E-state index contributed by atoms with van der Waals surface area (Å²) in [6, 6.07) is 6.11. The summed E-state index contributed by atoms with van der Waals surface area (Å²) in [5.74, 6) is -0.175. The van der Waals surface area contributed by atoms with Crippen LogP contribution in [0.3, 0.4) is 0 Å². The van der Waals surface area contributed by atoms with Crippen molar-refractivity contribution >= 4 is 22.4 Å².